The first kappa shape index (κ1) is 28.2. The van der Waals surface area contributed by atoms with E-state index in [4.69, 9.17) is 9.47 Å². The molecular weight excluding hydrogens is 513 g/mol. The first-order chi connectivity index (χ1) is 18.7. The standard InChI is InChI=1S/C28H31F3N4O4/c1-2-38-25-11-4-3-10-24(25)35-15-13-34(14-16-35)19-21(36)18-33-26(37)23-9-6-12-32-27(23)39-22-8-5-7-20(17-22)28(29,30)31/h3-12,17,21,36H,2,13-16,18-19H2,1H3,(H,33,37). The molecule has 1 unspecified atom stereocenters. The van der Waals surface area contributed by atoms with E-state index in [1.807, 2.05) is 31.2 Å². The maximum absolute atomic E-state index is 13.0. The molecule has 1 saturated heterocycles. The smallest absolute Gasteiger partial charge is 0.416 e. The Bertz CT molecular complexity index is 1250. The molecule has 208 valence electrons. The predicted octanol–water partition coefficient (Wildman–Crippen LogP) is 4.20. The van der Waals surface area contributed by atoms with Crippen LogP contribution in [0.1, 0.15) is 22.8 Å². The van der Waals surface area contributed by atoms with Crippen molar-refractivity contribution in [2.45, 2.75) is 19.2 Å². The van der Waals surface area contributed by atoms with Gasteiger partial charge >= 0.3 is 6.18 Å². The molecule has 1 atom stereocenters. The molecular formula is C28H31F3N4O4. The van der Waals surface area contributed by atoms with Crippen molar-refractivity contribution >= 4 is 11.6 Å². The topological polar surface area (TPSA) is 87.2 Å². The van der Waals surface area contributed by atoms with Gasteiger partial charge < -0.3 is 24.8 Å². The van der Waals surface area contributed by atoms with Crippen molar-refractivity contribution in [2.75, 3.05) is 50.8 Å². The molecule has 11 heteroatoms. The lowest BCUT2D eigenvalue weighted by Crippen LogP contribution is -2.50. The number of nitrogens with one attached hydrogen (secondary N) is 1. The number of β-amino-alcohol motifs (C(OH)–C–C–N with tert-alkyl or cyclic N) is 1. The van der Waals surface area contributed by atoms with Gasteiger partial charge in [-0.1, -0.05) is 18.2 Å². The third-order valence-electron chi connectivity index (χ3n) is 6.24. The van der Waals surface area contributed by atoms with Crippen LogP contribution in [-0.2, 0) is 6.18 Å². The molecule has 0 aliphatic carbocycles. The Hall–Kier alpha value is -3.83. The van der Waals surface area contributed by atoms with Gasteiger partial charge in [-0.05, 0) is 49.4 Å². The largest absolute Gasteiger partial charge is 0.492 e. The number of anilines is 1. The number of amides is 1. The summed E-state index contributed by atoms with van der Waals surface area (Å²) in [4.78, 5) is 21.2. The number of piperazine rings is 1. The van der Waals surface area contributed by atoms with Gasteiger partial charge in [0, 0.05) is 45.5 Å². The highest BCUT2D eigenvalue weighted by atomic mass is 19.4. The van der Waals surface area contributed by atoms with E-state index in [0.29, 0.717) is 13.2 Å². The summed E-state index contributed by atoms with van der Waals surface area (Å²) in [6.07, 6.45) is -3.97. The number of benzene rings is 2. The zero-order chi connectivity index (χ0) is 27.8. The van der Waals surface area contributed by atoms with Crippen molar-refractivity contribution in [3.8, 4) is 17.4 Å². The van der Waals surface area contributed by atoms with Gasteiger partial charge in [-0.2, -0.15) is 13.2 Å². The quantitative estimate of drug-likeness (QED) is 0.396. The zero-order valence-corrected chi connectivity index (χ0v) is 21.5. The summed E-state index contributed by atoms with van der Waals surface area (Å²) in [7, 11) is 0. The maximum Gasteiger partial charge on any atom is 0.416 e. The average molecular weight is 545 g/mol. The fraction of sp³-hybridized carbons (Fsp3) is 0.357. The highest BCUT2D eigenvalue weighted by Crippen LogP contribution is 2.33. The minimum Gasteiger partial charge on any atom is -0.492 e. The molecule has 1 fully saturated rings. The molecule has 8 nitrogen and oxygen atoms in total. The number of rotatable bonds is 10. The zero-order valence-electron chi connectivity index (χ0n) is 21.5. The molecule has 1 aliphatic heterocycles. The molecule has 1 aromatic heterocycles. The third-order valence-corrected chi connectivity index (χ3v) is 6.24. The monoisotopic (exact) mass is 544 g/mol. The van der Waals surface area contributed by atoms with Crippen molar-refractivity contribution in [2.24, 2.45) is 0 Å². The van der Waals surface area contributed by atoms with Gasteiger partial charge in [0.1, 0.15) is 17.1 Å². The fourth-order valence-electron chi connectivity index (χ4n) is 4.33. The van der Waals surface area contributed by atoms with E-state index in [0.717, 1.165) is 49.7 Å². The number of halogens is 3. The summed E-state index contributed by atoms with van der Waals surface area (Å²) >= 11 is 0. The lowest BCUT2D eigenvalue weighted by Gasteiger charge is -2.37. The Labute approximate surface area is 225 Å². The van der Waals surface area contributed by atoms with Crippen LogP contribution in [0.2, 0.25) is 0 Å². The summed E-state index contributed by atoms with van der Waals surface area (Å²) in [6.45, 7) is 5.93. The Morgan fingerprint density at radius 1 is 1.08 bits per heavy atom. The van der Waals surface area contributed by atoms with Crippen LogP contribution >= 0.6 is 0 Å². The SMILES string of the molecule is CCOc1ccccc1N1CCN(CC(O)CNC(=O)c2cccnc2Oc2cccc(C(F)(F)F)c2)CC1. The van der Waals surface area contributed by atoms with Gasteiger partial charge in [-0.25, -0.2) is 4.98 Å². The van der Waals surface area contributed by atoms with Gasteiger partial charge in [-0.3, -0.25) is 9.69 Å². The molecule has 0 radical (unpaired) electrons. The van der Waals surface area contributed by atoms with Crippen LogP contribution in [-0.4, -0.2) is 72.9 Å². The number of nitrogens with zero attached hydrogens (tertiary/aromatic N) is 3. The van der Waals surface area contributed by atoms with Crippen LogP contribution < -0.4 is 19.7 Å². The van der Waals surface area contributed by atoms with E-state index in [1.54, 1.807) is 0 Å². The molecule has 1 aliphatic rings. The Balaban J connectivity index is 1.28. The number of aliphatic hydroxyl groups is 1. The molecule has 0 spiro atoms. The number of aliphatic hydroxyl groups excluding tert-OH is 1. The number of carbonyl (C=O) groups excluding carboxylic acids is 1. The Morgan fingerprint density at radius 2 is 1.85 bits per heavy atom. The molecule has 4 rings (SSSR count). The number of ether oxygens (including phenoxy) is 2. The average Bonchev–Trinajstić information content (AvgIpc) is 2.93. The van der Waals surface area contributed by atoms with E-state index in [1.165, 1.54) is 30.5 Å². The molecule has 2 aromatic carbocycles. The number of hydrogen-bond acceptors (Lipinski definition) is 7. The molecule has 1 amide bonds. The highest BCUT2D eigenvalue weighted by molar-refractivity contribution is 5.96. The van der Waals surface area contributed by atoms with Gasteiger partial charge in [0.15, 0.2) is 0 Å². The van der Waals surface area contributed by atoms with Crippen LogP contribution in [0.5, 0.6) is 17.4 Å². The van der Waals surface area contributed by atoms with E-state index in [9.17, 15) is 23.1 Å². The minimum atomic E-state index is -4.53. The third kappa shape index (κ3) is 7.61. The second-order valence-corrected chi connectivity index (χ2v) is 9.04. The molecule has 0 saturated carbocycles. The number of carbonyl (C=O) groups is 1. The lowest BCUT2D eigenvalue weighted by atomic mass is 10.2. The van der Waals surface area contributed by atoms with Crippen LogP contribution in [0.3, 0.4) is 0 Å². The van der Waals surface area contributed by atoms with Gasteiger partial charge in [0.05, 0.1) is 24.0 Å². The second-order valence-electron chi connectivity index (χ2n) is 9.04. The van der Waals surface area contributed by atoms with E-state index < -0.39 is 23.8 Å². The lowest BCUT2D eigenvalue weighted by molar-refractivity contribution is -0.137. The van der Waals surface area contributed by atoms with Crippen LogP contribution in [0, 0.1) is 0 Å². The molecule has 0 bridgehead atoms. The van der Waals surface area contributed by atoms with Gasteiger partial charge in [0.2, 0.25) is 5.88 Å². The maximum atomic E-state index is 13.0. The number of alkyl halides is 3. The Kier molecular flexibility index (Phi) is 9.26. The Morgan fingerprint density at radius 3 is 2.59 bits per heavy atom. The summed E-state index contributed by atoms with van der Waals surface area (Å²) in [5, 5.41) is 13.2. The van der Waals surface area contributed by atoms with Crippen molar-refractivity contribution in [3.05, 3.63) is 78.0 Å². The van der Waals surface area contributed by atoms with Crippen LogP contribution in [0.25, 0.3) is 0 Å². The van der Waals surface area contributed by atoms with E-state index in [2.05, 4.69) is 20.1 Å². The van der Waals surface area contributed by atoms with Crippen molar-refractivity contribution in [1.82, 2.24) is 15.2 Å². The van der Waals surface area contributed by atoms with Gasteiger partial charge in [0.25, 0.3) is 5.91 Å². The number of aromatic nitrogens is 1. The van der Waals surface area contributed by atoms with Crippen LogP contribution in [0.15, 0.2) is 66.9 Å². The molecule has 2 N–H and O–H groups in total. The molecule has 2 heterocycles. The predicted molar refractivity (Wildman–Crippen MR) is 140 cm³/mol. The van der Waals surface area contributed by atoms with Crippen molar-refractivity contribution in [1.29, 1.82) is 0 Å². The first-order valence-electron chi connectivity index (χ1n) is 12.7. The van der Waals surface area contributed by atoms with Crippen molar-refractivity contribution < 1.29 is 32.5 Å². The fourth-order valence-corrected chi connectivity index (χ4v) is 4.33. The number of pyridine rings is 1. The summed E-state index contributed by atoms with van der Waals surface area (Å²) in [6, 6.07) is 15.2. The first-order valence-corrected chi connectivity index (χ1v) is 12.7. The number of hydrogen-bond donors (Lipinski definition) is 2. The van der Waals surface area contributed by atoms with Gasteiger partial charge in [-0.15, -0.1) is 0 Å². The molecule has 39 heavy (non-hydrogen) atoms. The minimum absolute atomic E-state index is 0.00981. The summed E-state index contributed by atoms with van der Waals surface area (Å²) in [5.74, 6) is 0.0670. The van der Waals surface area contributed by atoms with E-state index >= 15 is 0 Å². The van der Waals surface area contributed by atoms with Crippen molar-refractivity contribution in [3.63, 3.8) is 0 Å². The second kappa shape index (κ2) is 12.8. The normalized spacial score (nSPS) is 15.1. The highest BCUT2D eigenvalue weighted by Gasteiger charge is 2.31. The summed E-state index contributed by atoms with van der Waals surface area (Å²) in [5.41, 5.74) is 0.222. The molecule has 3 aromatic rings. The summed E-state index contributed by atoms with van der Waals surface area (Å²) < 4.78 is 50.3. The van der Waals surface area contributed by atoms with E-state index in [-0.39, 0.29) is 23.7 Å². The van der Waals surface area contributed by atoms with Crippen LogP contribution in [0.4, 0.5) is 18.9 Å². The number of para-hydroxylation sites is 2.